The molecule has 2 aromatic rings. The van der Waals surface area contributed by atoms with Gasteiger partial charge in [0.1, 0.15) is 17.4 Å². The number of nitrogen functional groups attached to an aromatic ring is 1. The van der Waals surface area contributed by atoms with Crippen LogP contribution < -0.4 is 15.8 Å². The summed E-state index contributed by atoms with van der Waals surface area (Å²) in [7, 11) is 1.21. The van der Waals surface area contributed by atoms with Crippen molar-refractivity contribution in [1.29, 1.82) is 0 Å². The molecule has 1 amide bonds. The number of carbonyl (C=O) groups is 2. The third-order valence-electron chi connectivity index (χ3n) is 3.66. The van der Waals surface area contributed by atoms with Gasteiger partial charge in [-0.1, -0.05) is 0 Å². The van der Waals surface area contributed by atoms with Gasteiger partial charge in [-0.25, -0.2) is 9.18 Å². The number of nitrogens with one attached hydrogen (secondary N) is 1. The van der Waals surface area contributed by atoms with Gasteiger partial charge in [0.05, 0.1) is 7.11 Å². The summed E-state index contributed by atoms with van der Waals surface area (Å²) < 4.78 is 28.0. The summed E-state index contributed by atoms with van der Waals surface area (Å²) in [6.07, 6.45) is 1.93. The van der Waals surface area contributed by atoms with E-state index in [0.717, 1.165) is 24.4 Å². The molecule has 9 heteroatoms. The number of nitrogens with two attached hydrogens (primary N) is 1. The number of hydrogen-bond acceptors (Lipinski definition) is 7. The summed E-state index contributed by atoms with van der Waals surface area (Å²) >= 11 is 0.880. The zero-order chi connectivity index (χ0) is 18.0. The van der Waals surface area contributed by atoms with Crippen LogP contribution in [0.2, 0.25) is 0 Å². The largest absolute Gasteiger partial charge is 0.471 e. The molecule has 3 N–H and O–H groups in total. The predicted octanol–water partition coefficient (Wildman–Crippen LogP) is 2.12. The zero-order valence-corrected chi connectivity index (χ0v) is 14.2. The lowest BCUT2D eigenvalue weighted by molar-refractivity contribution is 0.0596. The van der Waals surface area contributed by atoms with Gasteiger partial charge in [-0.2, -0.15) is 4.37 Å². The molecule has 1 heterocycles. The zero-order valence-electron chi connectivity index (χ0n) is 13.4. The second-order valence-electron chi connectivity index (χ2n) is 5.56. The summed E-state index contributed by atoms with van der Waals surface area (Å²) in [4.78, 5) is 23.8. The van der Waals surface area contributed by atoms with Gasteiger partial charge in [0.25, 0.3) is 5.91 Å². The van der Waals surface area contributed by atoms with Crippen LogP contribution in [0.4, 0.5) is 9.39 Å². The summed E-state index contributed by atoms with van der Waals surface area (Å²) in [5, 5.41) is 2.99. The molecule has 7 nitrogen and oxygen atoms in total. The highest BCUT2D eigenvalue weighted by molar-refractivity contribution is 7.10. The number of nitrogens with zero attached hydrogens (tertiary/aromatic N) is 1. The Morgan fingerprint density at radius 2 is 2.20 bits per heavy atom. The van der Waals surface area contributed by atoms with Gasteiger partial charge in [-0.15, -0.1) is 0 Å². The van der Waals surface area contributed by atoms with Crippen LogP contribution in [0.15, 0.2) is 18.2 Å². The second-order valence-corrected chi connectivity index (χ2v) is 6.37. The van der Waals surface area contributed by atoms with Crippen LogP contribution in [0.25, 0.3) is 0 Å². The van der Waals surface area contributed by atoms with Crippen molar-refractivity contribution in [3.8, 4) is 5.88 Å². The van der Waals surface area contributed by atoms with Crippen LogP contribution in [0, 0.1) is 5.82 Å². The van der Waals surface area contributed by atoms with E-state index in [1.165, 1.54) is 25.3 Å². The molecule has 1 aromatic carbocycles. The van der Waals surface area contributed by atoms with Crippen molar-refractivity contribution in [2.75, 3.05) is 12.8 Å². The van der Waals surface area contributed by atoms with Gasteiger partial charge in [0, 0.05) is 17.2 Å². The number of halogens is 1. The maximum atomic E-state index is 14.0. The maximum Gasteiger partial charge on any atom is 0.346 e. The van der Waals surface area contributed by atoms with E-state index in [1.54, 1.807) is 0 Å². The smallest absolute Gasteiger partial charge is 0.346 e. The molecule has 0 spiro atoms. The fourth-order valence-electron chi connectivity index (χ4n) is 2.14. The summed E-state index contributed by atoms with van der Waals surface area (Å²) in [6.45, 7) is -0.205. The minimum absolute atomic E-state index is 0.00976. The number of amides is 1. The number of benzene rings is 1. The first kappa shape index (κ1) is 17.2. The molecule has 1 aliphatic rings. The Balaban J connectivity index is 1.74. The van der Waals surface area contributed by atoms with E-state index in [-0.39, 0.29) is 40.6 Å². The van der Waals surface area contributed by atoms with E-state index in [9.17, 15) is 14.0 Å². The lowest BCUT2D eigenvalue weighted by atomic mass is 10.1. The molecule has 1 aromatic heterocycles. The summed E-state index contributed by atoms with van der Waals surface area (Å²) in [6, 6.07) is 4.24. The van der Waals surface area contributed by atoms with Crippen LogP contribution in [-0.2, 0) is 11.3 Å². The molecule has 25 heavy (non-hydrogen) atoms. The van der Waals surface area contributed by atoms with Crippen LogP contribution in [0.5, 0.6) is 5.88 Å². The van der Waals surface area contributed by atoms with E-state index in [4.69, 9.17) is 10.5 Å². The first-order valence-electron chi connectivity index (χ1n) is 7.55. The normalized spacial score (nSPS) is 13.4. The van der Waals surface area contributed by atoms with Gasteiger partial charge >= 0.3 is 5.97 Å². The minimum Gasteiger partial charge on any atom is -0.471 e. The van der Waals surface area contributed by atoms with E-state index in [2.05, 4.69) is 14.4 Å². The van der Waals surface area contributed by atoms with Crippen molar-refractivity contribution in [3.05, 3.63) is 40.7 Å². The van der Waals surface area contributed by atoms with Crippen molar-refractivity contribution >= 4 is 28.4 Å². The van der Waals surface area contributed by atoms with E-state index >= 15 is 0 Å². The third kappa shape index (κ3) is 3.87. The van der Waals surface area contributed by atoms with Crippen LogP contribution in [-0.4, -0.2) is 29.4 Å². The molecule has 1 saturated carbocycles. The van der Waals surface area contributed by atoms with Crippen molar-refractivity contribution in [3.63, 3.8) is 0 Å². The number of anilines is 1. The summed E-state index contributed by atoms with van der Waals surface area (Å²) in [5.74, 6) is -1.48. The van der Waals surface area contributed by atoms with E-state index in [0.29, 0.717) is 5.56 Å². The lowest BCUT2D eigenvalue weighted by Crippen LogP contribution is -2.25. The number of aromatic nitrogens is 1. The predicted molar refractivity (Wildman–Crippen MR) is 89.1 cm³/mol. The topological polar surface area (TPSA) is 104 Å². The third-order valence-corrected chi connectivity index (χ3v) is 4.32. The monoisotopic (exact) mass is 365 g/mol. The Hall–Kier alpha value is -2.68. The van der Waals surface area contributed by atoms with Crippen molar-refractivity contribution in [1.82, 2.24) is 9.69 Å². The first-order valence-corrected chi connectivity index (χ1v) is 8.32. The van der Waals surface area contributed by atoms with E-state index < -0.39 is 11.8 Å². The molecule has 0 atom stereocenters. The van der Waals surface area contributed by atoms with Gasteiger partial charge in [-0.05, 0) is 42.6 Å². The fourth-order valence-corrected chi connectivity index (χ4v) is 2.73. The molecule has 0 aliphatic heterocycles. The van der Waals surface area contributed by atoms with Crippen molar-refractivity contribution < 1.29 is 23.5 Å². The first-order chi connectivity index (χ1) is 12.0. The molecule has 0 radical (unpaired) electrons. The molecular formula is C16H16FN3O4S. The minimum atomic E-state index is -0.681. The van der Waals surface area contributed by atoms with Crippen molar-refractivity contribution in [2.45, 2.75) is 25.5 Å². The molecule has 1 aliphatic carbocycles. The van der Waals surface area contributed by atoms with Crippen molar-refractivity contribution in [2.24, 2.45) is 0 Å². The van der Waals surface area contributed by atoms with Gasteiger partial charge < -0.3 is 20.5 Å². The SMILES string of the molecule is COC(=O)c1c(OCc2cc(C(=O)NC3CC3)ccc2F)nsc1N. The second kappa shape index (κ2) is 7.06. The highest BCUT2D eigenvalue weighted by Crippen LogP contribution is 2.29. The van der Waals surface area contributed by atoms with Crippen LogP contribution in [0.1, 0.15) is 39.1 Å². The Labute approximate surface area is 147 Å². The number of carbonyl (C=O) groups excluding carboxylic acids is 2. The molecule has 0 saturated heterocycles. The molecular weight excluding hydrogens is 349 g/mol. The Morgan fingerprint density at radius 3 is 2.88 bits per heavy atom. The summed E-state index contributed by atoms with van der Waals surface area (Å²) in [5.41, 5.74) is 6.21. The highest BCUT2D eigenvalue weighted by atomic mass is 32.1. The van der Waals surface area contributed by atoms with Gasteiger partial charge in [-0.3, -0.25) is 4.79 Å². The Morgan fingerprint density at radius 1 is 1.44 bits per heavy atom. The molecule has 132 valence electrons. The highest BCUT2D eigenvalue weighted by Gasteiger charge is 2.25. The van der Waals surface area contributed by atoms with Crippen LogP contribution >= 0.6 is 11.5 Å². The standard InChI is InChI=1S/C16H16FN3O4S/c1-23-16(22)12-13(18)25-20-15(12)24-7-9-6-8(2-5-11(9)17)14(21)19-10-3-4-10/h2,5-6,10H,3-4,7,18H2,1H3,(H,19,21). The molecule has 0 unspecified atom stereocenters. The molecule has 0 bridgehead atoms. The Bertz CT molecular complexity index is 820. The van der Waals surface area contributed by atoms with Crippen LogP contribution in [0.3, 0.4) is 0 Å². The Kier molecular flexibility index (Phi) is 4.84. The maximum absolute atomic E-state index is 14.0. The number of hydrogen-bond donors (Lipinski definition) is 2. The number of methoxy groups -OCH3 is 1. The fraction of sp³-hybridized carbons (Fsp3) is 0.312. The number of ether oxygens (including phenoxy) is 2. The lowest BCUT2D eigenvalue weighted by Gasteiger charge is -2.09. The average molecular weight is 365 g/mol. The molecule has 3 rings (SSSR count). The molecule has 1 fully saturated rings. The number of rotatable bonds is 6. The number of esters is 1. The van der Waals surface area contributed by atoms with E-state index in [1.807, 2.05) is 0 Å². The van der Waals surface area contributed by atoms with Gasteiger partial charge in [0.15, 0.2) is 5.56 Å². The quantitative estimate of drug-likeness (QED) is 0.760. The van der Waals surface area contributed by atoms with Gasteiger partial charge in [0.2, 0.25) is 5.88 Å². The average Bonchev–Trinajstić information content (AvgIpc) is 3.34.